The van der Waals surface area contributed by atoms with E-state index in [1.165, 1.54) is 0 Å². The third-order valence-corrected chi connectivity index (χ3v) is 1.53. The Labute approximate surface area is 67.1 Å². The second-order valence-electron chi connectivity index (χ2n) is 2.45. The smallest absolute Gasteiger partial charge is 0.0346 e. The monoisotopic (exact) mass is 145 g/mol. The van der Waals surface area contributed by atoms with Gasteiger partial charge in [-0.15, -0.1) is 0 Å². The third kappa shape index (κ3) is 1.55. The van der Waals surface area contributed by atoms with Crippen molar-refractivity contribution < 1.29 is 0 Å². The minimum Gasteiger partial charge on any atom is -0.264 e. The number of pyridine rings is 1. The molecule has 0 fully saturated rings. The number of aromatic nitrogens is 1. The van der Waals surface area contributed by atoms with Gasteiger partial charge in [0.2, 0.25) is 0 Å². The van der Waals surface area contributed by atoms with E-state index in [1.807, 2.05) is 13.0 Å². The van der Waals surface area contributed by atoms with Crippen LogP contribution < -0.4 is 0 Å². The summed E-state index contributed by atoms with van der Waals surface area (Å²) >= 11 is 0. The number of nitrogens with zero attached hydrogens (tertiary/aromatic N) is 1. The molecule has 11 heavy (non-hydrogen) atoms. The van der Waals surface area contributed by atoms with Crippen LogP contribution >= 0.6 is 0 Å². The summed E-state index contributed by atoms with van der Waals surface area (Å²) in [6, 6.07) is 1.94. The Morgan fingerprint density at radius 3 is 2.82 bits per heavy atom. The van der Waals surface area contributed by atoms with Gasteiger partial charge in [0.25, 0.3) is 0 Å². The normalized spacial score (nSPS) is 9.18. The SMILES string of the molecule is C=Cc1cnccc1C(=C)C. The number of allylic oxidation sites excluding steroid dienone is 1. The van der Waals surface area contributed by atoms with Crippen LogP contribution in [-0.4, -0.2) is 4.98 Å². The summed E-state index contributed by atoms with van der Waals surface area (Å²) in [5, 5.41) is 0. The molecule has 1 aromatic heterocycles. The molecule has 56 valence electrons. The summed E-state index contributed by atoms with van der Waals surface area (Å²) in [5.74, 6) is 0. The summed E-state index contributed by atoms with van der Waals surface area (Å²) < 4.78 is 0. The lowest BCUT2D eigenvalue weighted by atomic mass is 10.1. The Bertz CT molecular complexity index is 287. The first-order valence-corrected chi connectivity index (χ1v) is 3.48. The lowest BCUT2D eigenvalue weighted by Gasteiger charge is -2.02. The van der Waals surface area contributed by atoms with Crippen molar-refractivity contribution >= 4 is 11.6 Å². The highest BCUT2D eigenvalue weighted by molar-refractivity contribution is 5.70. The summed E-state index contributed by atoms with van der Waals surface area (Å²) in [6.07, 6.45) is 5.34. The number of rotatable bonds is 2. The molecule has 0 aliphatic rings. The van der Waals surface area contributed by atoms with Gasteiger partial charge in [0.1, 0.15) is 0 Å². The molecule has 0 saturated heterocycles. The highest BCUT2D eigenvalue weighted by Crippen LogP contribution is 2.16. The van der Waals surface area contributed by atoms with Gasteiger partial charge in [-0.2, -0.15) is 0 Å². The second kappa shape index (κ2) is 3.15. The van der Waals surface area contributed by atoms with Crippen LogP contribution in [0.25, 0.3) is 11.6 Å². The first-order chi connectivity index (χ1) is 5.25. The van der Waals surface area contributed by atoms with Crippen LogP contribution in [0.5, 0.6) is 0 Å². The fourth-order valence-electron chi connectivity index (χ4n) is 0.958. The fraction of sp³-hybridized carbons (Fsp3) is 0.100. The Hall–Kier alpha value is -1.37. The minimum atomic E-state index is 1.04. The van der Waals surface area contributed by atoms with E-state index in [9.17, 15) is 0 Å². The van der Waals surface area contributed by atoms with Crippen LogP contribution in [0.15, 0.2) is 31.6 Å². The molecule has 0 aliphatic heterocycles. The van der Waals surface area contributed by atoms with E-state index in [-0.39, 0.29) is 0 Å². The van der Waals surface area contributed by atoms with Crippen molar-refractivity contribution in [3.8, 4) is 0 Å². The van der Waals surface area contributed by atoms with Gasteiger partial charge in [0, 0.05) is 12.4 Å². The van der Waals surface area contributed by atoms with E-state index < -0.39 is 0 Å². The van der Waals surface area contributed by atoms with E-state index >= 15 is 0 Å². The molecule has 0 amide bonds. The van der Waals surface area contributed by atoms with Gasteiger partial charge in [-0.05, 0) is 24.1 Å². The maximum Gasteiger partial charge on any atom is 0.0346 e. The fourth-order valence-corrected chi connectivity index (χ4v) is 0.958. The summed E-state index contributed by atoms with van der Waals surface area (Å²) in [4.78, 5) is 3.99. The molecule has 0 saturated carbocycles. The molecule has 0 N–H and O–H groups in total. The zero-order valence-electron chi connectivity index (χ0n) is 6.67. The van der Waals surface area contributed by atoms with Gasteiger partial charge in [-0.1, -0.05) is 24.8 Å². The van der Waals surface area contributed by atoms with Crippen LogP contribution in [0.1, 0.15) is 18.1 Å². The molecule has 0 aliphatic carbocycles. The van der Waals surface area contributed by atoms with Gasteiger partial charge >= 0.3 is 0 Å². The summed E-state index contributed by atoms with van der Waals surface area (Å²) in [5.41, 5.74) is 3.21. The third-order valence-electron chi connectivity index (χ3n) is 1.53. The predicted octanol–water partition coefficient (Wildman–Crippen LogP) is 2.76. The van der Waals surface area contributed by atoms with E-state index in [4.69, 9.17) is 0 Å². The van der Waals surface area contributed by atoms with Crippen LogP contribution in [0, 0.1) is 0 Å². The quantitative estimate of drug-likeness (QED) is 0.623. The van der Waals surface area contributed by atoms with Crippen LogP contribution in [0.3, 0.4) is 0 Å². The second-order valence-corrected chi connectivity index (χ2v) is 2.45. The van der Waals surface area contributed by atoms with Crippen molar-refractivity contribution in [2.24, 2.45) is 0 Å². The first-order valence-electron chi connectivity index (χ1n) is 3.48. The van der Waals surface area contributed by atoms with Crippen molar-refractivity contribution in [1.82, 2.24) is 4.98 Å². The van der Waals surface area contributed by atoms with Gasteiger partial charge in [0.15, 0.2) is 0 Å². The molecule has 0 radical (unpaired) electrons. The topological polar surface area (TPSA) is 12.9 Å². The Balaban J connectivity index is 3.22. The van der Waals surface area contributed by atoms with E-state index in [2.05, 4.69) is 18.1 Å². The number of hydrogen-bond donors (Lipinski definition) is 0. The maximum atomic E-state index is 3.99. The van der Waals surface area contributed by atoms with Crippen LogP contribution in [0.4, 0.5) is 0 Å². The molecule has 0 unspecified atom stereocenters. The lowest BCUT2D eigenvalue weighted by molar-refractivity contribution is 1.30. The zero-order chi connectivity index (χ0) is 8.27. The van der Waals surface area contributed by atoms with Crippen LogP contribution in [-0.2, 0) is 0 Å². The van der Waals surface area contributed by atoms with Crippen molar-refractivity contribution in [2.45, 2.75) is 6.92 Å². The molecule has 0 aromatic carbocycles. The predicted molar refractivity (Wildman–Crippen MR) is 49.0 cm³/mol. The number of hydrogen-bond acceptors (Lipinski definition) is 1. The average molecular weight is 145 g/mol. The zero-order valence-corrected chi connectivity index (χ0v) is 6.67. The Morgan fingerprint density at radius 1 is 1.64 bits per heavy atom. The van der Waals surface area contributed by atoms with Gasteiger partial charge in [0.05, 0.1) is 0 Å². The molecule has 0 atom stereocenters. The molecule has 1 aromatic rings. The van der Waals surface area contributed by atoms with Gasteiger partial charge < -0.3 is 0 Å². The summed E-state index contributed by atoms with van der Waals surface area (Å²) in [6.45, 7) is 9.53. The highest BCUT2D eigenvalue weighted by atomic mass is 14.6. The minimum absolute atomic E-state index is 1.04. The molecule has 1 heteroatoms. The Kier molecular flexibility index (Phi) is 2.21. The standard InChI is InChI=1S/C10H11N/c1-4-9-7-11-6-5-10(9)8(2)3/h4-7H,1-2H2,3H3. The van der Waals surface area contributed by atoms with Crippen LogP contribution in [0.2, 0.25) is 0 Å². The molecular formula is C10H11N. The molecule has 1 nitrogen and oxygen atoms in total. The summed E-state index contributed by atoms with van der Waals surface area (Å²) in [7, 11) is 0. The van der Waals surface area contributed by atoms with Gasteiger partial charge in [-0.3, -0.25) is 4.98 Å². The molecular weight excluding hydrogens is 134 g/mol. The average Bonchev–Trinajstić information content (AvgIpc) is 2.04. The Morgan fingerprint density at radius 2 is 2.36 bits per heavy atom. The first kappa shape index (κ1) is 7.73. The largest absolute Gasteiger partial charge is 0.264 e. The molecule has 0 bridgehead atoms. The molecule has 1 rings (SSSR count). The van der Waals surface area contributed by atoms with Crippen molar-refractivity contribution in [3.63, 3.8) is 0 Å². The highest BCUT2D eigenvalue weighted by Gasteiger charge is 1.97. The van der Waals surface area contributed by atoms with Gasteiger partial charge in [-0.25, -0.2) is 0 Å². The van der Waals surface area contributed by atoms with Crippen molar-refractivity contribution in [1.29, 1.82) is 0 Å². The van der Waals surface area contributed by atoms with Crippen molar-refractivity contribution in [2.75, 3.05) is 0 Å². The lowest BCUT2D eigenvalue weighted by Crippen LogP contribution is -1.84. The maximum absolute atomic E-state index is 3.99. The van der Waals surface area contributed by atoms with E-state index in [1.54, 1.807) is 18.5 Å². The van der Waals surface area contributed by atoms with Crippen molar-refractivity contribution in [3.05, 3.63) is 42.7 Å². The van der Waals surface area contributed by atoms with E-state index in [0.717, 1.165) is 16.7 Å². The van der Waals surface area contributed by atoms with E-state index in [0.29, 0.717) is 0 Å². The molecule has 0 spiro atoms. The molecule has 1 heterocycles.